The normalized spacial score (nSPS) is 12.1. The Morgan fingerprint density at radius 3 is 2.85 bits per heavy atom. The Morgan fingerprint density at radius 2 is 2.15 bits per heavy atom. The minimum absolute atomic E-state index is 0.0440. The van der Waals surface area contributed by atoms with Crippen molar-refractivity contribution in [2.45, 2.75) is 5.03 Å². The van der Waals surface area contributed by atoms with E-state index in [0.29, 0.717) is 5.52 Å². The van der Waals surface area contributed by atoms with Gasteiger partial charge in [-0.25, -0.2) is 18.5 Å². The minimum Gasteiger partial charge on any atom is -0.288 e. The van der Waals surface area contributed by atoms with Gasteiger partial charge in [-0.3, -0.25) is 4.40 Å². The monoisotopic (exact) mass is 197 g/mol. The molecule has 0 aromatic carbocycles. The van der Waals surface area contributed by atoms with Gasteiger partial charge in [0, 0.05) is 0 Å². The van der Waals surface area contributed by atoms with Gasteiger partial charge in [-0.1, -0.05) is 6.07 Å². The van der Waals surface area contributed by atoms with Crippen molar-refractivity contribution in [3.05, 3.63) is 30.7 Å². The second-order valence-electron chi connectivity index (χ2n) is 2.60. The number of hydrogen-bond acceptors (Lipinski definition) is 3. The fourth-order valence-corrected chi connectivity index (χ4v) is 1.85. The van der Waals surface area contributed by atoms with Crippen LogP contribution in [0.3, 0.4) is 0 Å². The van der Waals surface area contributed by atoms with Crippen LogP contribution < -0.4 is 5.14 Å². The van der Waals surface area contributed by atoms with E-state index in [2.05, 4.69) is 4.98 Å². The van der Waals surface area contributed by atoms with Crippen LogP contribution in [0, 0.1) is 0 Å². The Labute approximate surface area is 74.9 Å². The predicted molar refractivity (Wildman–Crippen MR) is 46.6 cm³/mol. The largest absolute Gasteiger partial charge is 0.288 e. The maximum absolute atomic E-state index is 11.1. The lowest BCUT2D eigenvalue weighted by atomic mass is 10.4. The van der Waals surface area contributed by atoms with Gasteiger partial charge in [-0.05, 0) is 12.1 Å². The number of pyridine rings is 1. The van der Waals surface area contributed by atoms with Crippen LogP contribution >= 0.6 is 0 Å². The summed E-state index contributed by atoms with van der Waals surface area (Å²) in [5, 5.41) is 5.05. The summed E-state index contributed by atoms with van der Waals surface area (Å²) >= 11 is 0. The number of imidazole rings is 1. The third kappa shape index (κ3) is 1.30. The lowest BCUT2D eigenvalue weighted by Gasteiger charge is -2.00. The Hall–Kier alpha value is -1.40. The molecule has 0 spiro atoms. The van der Waals surface area contributed by atoms with Gasteiger partial charge in [0.05, 0.1) is 11.7 Å². The quantitative estimate of drug-likeness (QED) is 0.698. The Balaban J connectivity index is 2.91. The van der Waals surface area contributed by atoms with E-state index in [1.807, 2.05) is 0 Å². The first kappa shape index (κ1) is 8.21. The first-order chi connectivity index (χ1) is 6.09. The molecule has 13 heavy (non-hydrogen) atoms. The molecule has 0 radical (unpaired) electrons. The average molecular weight is 197 g/mol. The molecule has 0 atom stereocenters. The maximum atomic E-state index is 11.1. The molecule has 2 aromatic rings. The summed E-state index contributed by atoms with van der Waals surface area (Å²) in [6.45, 7) is 0. The third-order valence-electron chi connectivity index (χ3n) is 1.70. The lowest BCUT2D eigenvalue weighted by molar-refractivity contribution is 0.592. The third-order valence-corrected chi connectivity index (χ3v) is 2.62. The first-order valence-electron chi connectivity index (χ1n) is 3.53. The maximum Gasteiger partial charge on any atom is 0.254 e. The smallest absolute Gasteiger partial charge is 0.254 e. The van der Waals surface area contributed by atoms with Gasteiger partial charge in [0.25, 0.3) is 10.0 Å². The number of nitrogens with two attached hydrogens (primary N) is 1. The Morgan fingerprint density at radius 1 is 1.38 bits per heavy atom. The van der Waals surface area contributed by atoms with E-state index < -0.39 is 10.0 Å². The highest BCUT2D eigenvalue weighted by molar-refractivity contribution is 7.89. The van der Waals surface area contributed by atoms with Crippen LogP contribution in [0.2, 0.25) is 0 Å². The van der Waals surface area contributed by atoms with Gasteiger partial charge in [0.2, 0.25) is 0 Å². The van der Waals surface area contributed by atoms with E-state index in [0.717, 1.165) is 0 Å². The van der Waals surface area contributed by atoms with Crippen LogP contribution in [0.5, 0.6) is 0 Å². The molecule has 0 fully saturated rings. The minimum atomic E-state index is -3.68. The van der Waals surface area contributed by atoms with Gasteiger partial charge in [-0.15, -0.1) is 0 Å². The van der Waals surface area contributed by atoms with Crippen molar-refractivity contribution in [1.29, 1.82) is 0 Å². The van der Waals surface area contributed by atoms with Crippen molar-refractivity contribution < 1.29 is 8.42 Å². The summed E-state index contributed by atoms with van der Waals surface area (Å²) in [7, 11) is -3.68. The van der Waals surface area contributed by atoms with E-state index >= 15 is 0 Å². The summed E-state index contributed by atoms with van der Waals surface area (Å²) < 4.78 is 23.6. The molecular weight excluding hydrogens is 190 g/mol. The zero-order valence-corrected chi connectivity index (χ0v) is 7.40. The number of hydrogen-bond donors (Lipinski definition) is 1. The van der Waals surface area contributed by atoms with Crippen LogP contribution in [0.25, 0.3) is 5.52 Å². The zero-order chi connectivity index (χ0) is 9.47. The number of rotatable bonds is 1. The van der Waals surface area contributed by atoms with Crippen molar-refractivity contribution in [3.8, 4) is 0 Å². The molecule has 6 heteroatoms. The molecule has 0 aliphatic carbocycles. The average Bonchev–Trinajstić information content (AvgIpc) is 2.48. The zero-order valence-electron chi connectivity index (χ0n) is 6.58. The van der Waals surface area contributed by atoms with E-state index in [1.54, 1.807) is 18.3 Å². The molecule has 0 aliphatic heterocycles. The number of aromatic nitrogens is 2. The molecule has 2 rings (SSSR count). The van der Waals surface area contributed by atoms with Crippen molar-refractivity contribution in [2.75, 3.05) is 0 Å². The van der Waals surface area contributed by atoms with Crippen molar-refractivity contribution in [3.63, 3.8) is 0 Å². The van der Waals surface area contributed by atoms with Crippen molar-refractivity contribution >= 4 is 15.5 Å². The van der Waals surface area contributed by atoms with Gasteiger partial charge in [-0.2, -0.15) is 0 Å². The molecule has 68 valence electrons. The summed E-state index contributed by atoms with van der Waals surface area (Å²) in [4.78, 5) is 3.82. The molecule has 2 aromatic heterocycles. The second-order valence-corrected chi connectivity index (χ2v) is 4.11. The number of fused-ring (bicyclic) bond motifs is 1. The van der Waals surface area contributed by atoms with Crippen molar-refractivity contribution in [1.82, 2.24) is 9.38 Å². The first-order valence-corrected chi connectivity index (χ1v) is 5.07. The lowest BCUT2D eigenvalue weighted by Crippen LogP contribution is -2.15. The predicted octanol–water partition coefficient (Wildman–Crippen LogP) is -0.0183. The number of nitrogens with zero attached hydrogens (tertiary/aromatic N) is 2. The fourth-order valence-electron chi connectivity index (χ4n) is 1.15. The van der Waals surface area contributed by atoms with E-state index in [1.165, 1.54) is 16.8 Å². The molecule has 2 heterocycles. The molecule has 0 amide bonds. The summed E-state index contributed by atoms with van der Waals surface area (Å²) in [5.74, 6) is 0. The highest BCUT2D eigenvalue weighted by atomic mass is 32.2. The van der Waals surface area contributed by atoms with Crippen LogP contribution in [0.4, 0.5) is 0 Å². The summed E-state index contributed by atoms with van der Waals surface area (Å²) in [5.41, 5.74) is 0.700. The molecule has 0 saturated heterocycles. The SMILES string of the molecule is NS(=O)(=O)c1cccc2cncn12. The van der Waals surface area contributed by atoms with Crippen LogP contribution in [0.15, 0.2) is 35.7 Å². The fraction of sp³-hybridized carbons (Fsp3) is 0. The number of primary sulfonamides is 1. The second kappa shape index (κ2) is 2.54. The van der Waals surface area contributed by atoms with Gasteiger partial charge >= 0.3 is 0 Å². The van der Waals surface area contributed by atoms with Crippen LogP contribution in [-0.2, 0) is 10.0 Å². The van der Waals surface area contributed by atoms with E-state index in [4.69, 9.17) is 5.14 Å². The molecule has 2 N–H and O–H groups in total. The topological polar surface area (TPSA) is 77.5 Å². The number of sulfonamides is 1. The van der Waals surface area contributed by atoms with E-state index in [9.17, 15) is 8.42 Å². The van der Waals surface area contributed by atoms with Crippen LogP contribution in [-0.4, -0.2) is 17.8 Å². The highest BCUT2D eigenvalue weighted by Gasteiger charge is 2.10. The van der Waals surface area contributed by atoms with Gasteiger partial charge in [0.1, 0.15) is 6.33 Å². The molecular formula is C7H7N3O2S. The molecule has 0 bridgehead atoms. The molecule has 0 aliphatic rings. The standard InChI is InChI=1S/C7H7N3O2S/c8-13(11,12)7-3-1-2-6-4-9-5-10(6)7/h1-5H,(H2,8,11,12). The summed E-state index contributed by atoms with van der Waals surface area (Å²) in [6, 6.07) is 4.81. The van der Waals surface area contributed by atoms with Crippen molar-refractivity contribution in [2.24, 2.45) is 5.14 Å². The Bertz CT molecular complexity index is 544. The molecule has 5 nitrogen and oxygen atoms in total. The molecule has 0 unspecified atom stereocenters. The van der Waals surface area contributed by atoms with Crippen LogP contribution in [0.1, 0.15) is 0 Å². The van der Waals surface area contributed by atoms with E-state index in [-0.39, 0.29) is 5.03 Å². The summed E-state index contributed by atoms with van der Waals surface area (Å²) in [6.07, 6.45) is 2.98. The highest BCUT2D eigenvalue weighted by Crippen LogP contribution is 2.10. The Kier molecular flexibility index (Phi) is 1.61. The van der Waals surface area contributed by atoms with Gasteiger partial charge in [0.15, 0.2) is 5.03 Å². The molecule has 0 saturated carbocycles. The van der Waals surface area contributed by atoms with Gasteiger partial charge < -0.3 is 0 Å².